The minimum Gasteiger partial charge on any atom is -0.477 e. The zero-order valence-electron chi connectivity index (χ0n) is 15.7. The number of carboxylic acid groups (broad SMARTS) is 1. The van der Waals surface area contributed by atoms with Crippen molar-refractivity contribution in [3.63, 3.8) is 0 Å². The third-order valence-corrected chi connectivity index (χ3v) is 5.94. The molecule has 0 bridgehead atoms. The number of amides is 1. The van der Waals surface area contributed by atoms with Gasteiger partial charge in [-0.3, -0.25) is 4.79 Å². The molecule has 3 N–H and O–H groups in total. The average molecular weight is 376 g/mol. The molecule has 5 nitrogen and oxygen atoms in total. The minimum absolute atomic E-state index is 0.0211. The van der Waals surface area contributed by atoms with Crippen LogP contribution in [0.3, 0.4) is 0 Å². The Morgan fingerprint density at radius 2 is 1.68 bits per heavy atom. The summed E-state index contributed by atoms with van der Waals surface area (Å²) in [6.07, 6.45) is 4.50. The fourth-order valence-electron chi connectivity index (χ4n) is 4.47. The van der Waals surface area contributed by atoms with Gasteiger partial charge in [-0.15, -0.1) is 0 Å². The number of rotatable bonds is 6. The number of aromatic nitrogens is 1. The van der Waals surface area contributed by atoms with Crippen LogP contribution in [0, 0.1) is 0 Å². The van der Waals surface area contributed by atoms with Crippen LogP contribution >= 0.6 is 0 Å². The number of carbonyl (C=O) groups excluding carboxylic acids is 1. The van der Waals surface area contributed by atoms with Gasteiger partial charge in [0.25, 0.3) is 0 Å². The van der Waals surface area contributed by atoms with E-state index in [4.69, 9.17) is 0 Å². The van der Waals surface area contributed by atoms with E-state index < -0.39 is 5.97 Å². The number of H-pyrrole nitrogens is 1. The summed E-state index contributed by atoms with van der Waals surface area (Å²) in [5.41, 5.74) is 2.62. The van der Waals surface area contributed by atoms with Crippen molar-refractivity contribution in [3.8, 4) is 0 Å². The highest BCUT2D eigenvalue weighted by Gasteiger charge is 2.35. The molecule has 1 aromatic heterocycles. The van der Waals surface area contributed by atoms with Crippen LogP contribution in [0.2, 0.25) is 0 Å². The lowest BCUT2D eigenvalue weighted by Crippen LogP contribution is -2.39. The third-order valence-electron chi connectivity index (χ3n) is 5.94. The number of para-hydroxylation sites is 1. The van der Waals surface area contributed by atoms with Gasteiger partial charge in [0.05, 0.1) is 6.42 Å². The Hall–Kier alpha value is -3.08. The highest BCUT2D eigenvalue weighted by atomic mass is 16.4. The van der Waals surface area contributed by atoms with Crippen LogP contribution in [-0.2, 0) is 16.6 Å². The first-order valence-corrected chi connectivity index (χ1v) is 9.74. The molecular weight excluding hydrogens is 352 g/mol. The maximum atomic E-state index is 12.7. The molecule has 5 heteroatoms. The van der Waals surface area contributed by atoms with E-state index >= 15 is 0 Å². The molecule has 1 amide bonds. The lowest BCUT2D eigenvalue weighted by Gasteiger charge is -2.30. The molecule has 4 rings (SSSR count). The van der Waals surface area contributed by atoms with E-state index in [1.807, 2.05) is 42.5 Å². The van der Waals surface area contributed by atoms with Gasteiger partial charge < -0.3 is 15.4 Å². The van der Waals surface area contributed by atoms with Crippen molar-refractivity contribution in [2.45, 2.75) is 37.5 Å². The number of aromatic amines is 1. The number of hydrogen-bond donors (Lipinski definition) is 3. The number of hydrogen-bond acceptors (Lipinski definition) is 2. The van der Waals surface area contributed by atoms with E-state index in [2.05, 4.69) is 22.4 Å². The van der Waals surface area contributed by atoms with Crippen LogP contribution in [0.4, 0.5) is 0 Å². The minimum atomic E-state index is -1.05. The molecule has 1 fully saturated rings. The van der Waals surface area contributed by atoms with Crippen LogP contribution in [0.5, 0.6) is 0 Å². The van der Waals surface area contributed by atoms with Gasteiger partial charge in [0.1, 0.15) is 5.69 Å². The predicted molar refractivity (Wildman–Crippen MR) is 109 cm³/mol. The van der Waals surface area contributed by atoms with Gasteiger partial charge in [0.2, 0.25) is 5.91 Å². The van der Waals surface area contributed by atoms with Crippen molar-refractivity contribution < 1.29 is 14.7 Å². The van der Waals surface area contributed by atoms with Crippen LogP contribution < -0.4 is 5.32 Å². The summed E-state index contributed by atoms with van der Waals surface area (Å²) in [6.45, 7) is 0.584. The molecule has 0 unspecified atom stereocenters. The molecule has 1 heterocycles. The van der Waals surface area contributed by atoms with Crippen molar-refractivity contribution >= 4 is 22.8 Å². The Bertz CT molecular complexity index is 1000. The standard InChI is InChI=1S/C23H24N2O3/c26-20(14-18-17-10-4-5-11-19(17)25-21(18)22(27)28)24-15-23(12-6-7-13-23)16-8-2-1-3-9-16/h1-5,8-11,25H,6-7,12-15H2,(H,24,26)(H,27,28). The molecule has 0 radical (unpaired) electrons. The molecule has 1 aliphatic carbocycles. The Morgan fingerprint density at radius 1 is 1.00 bits per heavy atom. The summed E-state index contributed by atoms with van der Waals surface area (Å²) in [4.78, 5) is 27.3. The molecule has 0 saturated heterocycles. The van der Waals surface area contributed by atoms with E-state index in [0.29, 0.717) is 12.1 Å². The zero-order valence-corrected chi connectivity index (χ0v) is 15.7. The number of aromatic carboxylic acids is 1. The zero-order chi connectivity index (χ0) is 19.6. The van der Waals surface area contributed by atoms with E-state index in [0.717, 1.165) is 36.6 Å². The molecule has 0 aliphatic heterocycles. The van der Waals surface area contributed by atoms with E-state index in [-0.39, 0.29) is 23.4 Å². The monoisotopic (exact) mass is 376 g/mol. The van der Waals surface area contributed by atoms with E-state index in [9.17, 15) is 14.7 Å². The molecule has 28 heavy (non-hydrogen) atoms. The maximum Gasteiger partial charge on any atom is 0.352 e. The van der Waals surface area contributed by atoms with E-state index in [1.54, 1.807) is 0 Å². The quantitative estimate of drug-likeness (QED) is 0.607. The summed E-state index contributed by atoms with van der Waals surface area (Å²) in [5, 5.41) is 13.4. The summed E-state index contributed by atoms with van der Waals surface area (Å²) in [6, 6.07) is 17.7. The Balaban J connectivity index is 1.53. The summed E-state index contributed by atoms with van der Waals surface area (Å²) in [5.74, 6) is -1.19. The highest BCUT2D eigenvalue weighted by molar-refractivity contribution is 6.00. The summed E-state index contributed by atoms with van der Waals surface area (Å²) in [7, 11) is 0. The molecule has 1 saturated carbocycles. The topological polar surface area (TPSA) is 82.2 Å². The summed E-state index contributed by atoms with van der Waals surface area (Å²) < 4.78 is 0. The van der Waals surface area contributed by atoms with Crippen LogP contribution in [-0.4, -0.2) is 28.5 Å². The van der Waals surface area contributed by atoms with Crippen molar-refractivity contribution in [1.82, 2.24) is 10.3 Å². The van der Waals surface area contributed by atoms with Crippen molar-refractivity contribution in [2.24, 2.45) is 0 Å². The van der Waals surface area contributed by atoms with Gasteiger partial charge >= 0.3 is 5.97 Å². The number of benzene rings is 2. The first kappa shape index (κ1) is 18.3. The molecule has 144 valence electrons. The van der Waals surface area contributed by atoms with Crippen molar-refractivity contribution in [3.05, 3.63) is 71.4 Å². The molecule has 1 aliphatic rings. The number of carbonyl (C=O) groups is 2. The molecular formula is C23H24N2O3. The van der Waals surface area contributed by atoms with Crippen LogP contribution in [0.1, 0.15) is 47.3 Å². The van der Waals surface area contributed by atoms with Crippen molar-refractivity contribution in [1.29, 1.82) is 0 Å². The van der Waals surface area contributed by atoms with Gasteiger partial charge in [-0.1, -0.05) is 61.4 Å². The Kier molecular flexibility index (Phi) is 4.90. The second kappa shape index (κ2) is 7.50. The SMILES string of the molecule is O=C(Cc1c(C(=O)O)[nH]c2ccccc12)NCC1(c2ccccc2)CCCC1. The largest absolute Gasteiger partial charge is 0.477 e. The highest BCUT2D eigenvalue weighted by Crippen LogP contribution is 2.40. The number of fused-ring (bicyclic) bond motifs is 1. The lowest BCUT2D eigenvalue weighted by atomic mass is 9.79. The van der Waals surface area contributed by atoms with Crippen molar-refractivity contribution in [2.75, 3.05) is 6.54 Å². The van der Waals surface area contributed by atoms with Gasteiger partial charge in [0.15, 0.2) is 0 Å². The second-order valence-electron chi connectivity index (χ2n) is 7.64. The second-order valence-corrected chi connectivity index (χ2v) is 7.64. The number of carboxylic acids is 1. The Morgan fingerprint density at radius 3 is 2.39 bits per heavy atom. The average Bonchev–Trinajstić information content (AvgIpc) is 3.33. The number of nitrogens with one attached hydrogen (secondary N) is 2. The third kappa shape index (κ3) is 3.40. The smallest absolute Gasteiger partial charge is 0.352 e. The Labute approximate surface area is 163 Å². The fourth-order valence-corrected chi connectivity index (χ4v) is 4.47. The first-order chi connectivity index (χ1) is 13.6. The van der Waals surface area contributed by atoms with Gasteiger partial charge in [0, 0.05) is 28.4 Å². The van der Waals surface area contributed by atoms with Crippen LogP contribution in [0.25, 0.3) is 10.9 Å². The maximum absolute atomic E-state index is 12.7. The normalized spacial score (nSPS) is 15.6. The van der Waals surface area contributed by atoms with Gasteiger partial charge in [-0.05, 0) is 24.5 Å². The first-order valence-electron chi connectivity index (χ1n) is 9.74. The fraction of sp³-hybridized carbons (Fsp3) is 0.304. The summed E-state index contributed by atoms with van der Waals surface area (Å²) >= 11 is 0. The molecule has 3 aromatic rings. The molecule has 0 atom stereocenters. The molecule has 2 aromatic carbocycles. The lowest BCUT2D eigenvalue weighted by molar-refractivity contribution is -0.120. The van der Waals surface area contributed by atoms with Gasteiger partial charge in [-0.2, -0.15) is 0 Å². The van der Waals surface area contributed by atoms with Gasteiger partial charge in [-0.25, -0.2) is 4.79 Å². The van der Waals surface area contributed by atoms with E-state index in [1.165, 1.54) is 5.56 Å². The molecule has 0 spiro atoms. The predicted octanol–water partition coefficient (Wildman–Crippen LogP) is 4.04. The van der Waals surface area contributed by atoms with Crippen LogP contribution in [0.15, 0.2) is 54.6 Å².